The molecular formula is C22H28N2O6. The fraction of sp³-hybridized carbons (Fsp3) is 0.500. The maximum absolute atomic E-state index is 13.2. The third-order valence-corrected chi connectivity index (χ3v) is 5.80. The summed E-state index contributed by atoms with van der Waals surface area (Å²) in [5, 5.41) is 12.3. The van der Waals surface area contributed by atoms with Crippen molar-refractivity contribution in [2.45, 2.75) is 19.9 Å². The average Bonchev–Trinajstić information content (AvgIpc) is 3.01. The number of nitrogens with zero attached hydrogens (tertiary/aromatic N) is 1. The number of carbonyl (C=O) groups is 3. The lowest BCUT2D eigenvalue weighted by atomic mass is 9.70. The van der Waals surface area contributed by atoms with E-state index in [2.05, 4.69) is 5.32 Å². The second-order valence-electron chi connectivity index (χ2n) is 7.54. The molecule has 1 fully saturated rings. The van der Waals surface area contributed by atoms with Crippen molar-refractivity contribution in [3.63, 3.8) is 0 Å². The van der Waals surface area contributed by atoms with Gasteiger partial charge in [-0.3, -0.25) is 14.4 Å². The van der Waals surface area contributed by atoms with Gasteiger partial charge in [-0.15, -0.1) is 0 Å². The fourth-order valence-electron chi connectivity index (χ4n) is 4.43. The Morgan fingerprint density at radius 2 is 1.90 bits per heavy atom. The van der Waals surface area contributed by atoms with Crippen LogP contribution < -0.4 is 10.1 Å². The molecule has 0 bridgehead atoms. The minimum Gasteiger partial charge on any atom is -0.497 e. The van der Waals surface area contributed by atoms with Crippen LogP contribution in [-0.2, 0) is 19.1 Å². The largest absolute Gasteiger partial charge is 0.497 e. The first-order valence-electron chi connectivity index (χ1n) is 10.1. The first-order chi connectivity index (χ1) is 14.4. The van der Waals surface area contributed by atoms with Gasteiger partial charge >= 0.3 is 5.97 Å². The predicted octanol–water partition coefficient (Wildman–Crippen LogP) is 1.45. The number of esters is 1. The zero-order chi connectivity index (χ0) is 21.8. The first kappa shape index (κ1) is 21.8. The predicted molar refractivity (Wildman–Crippen MR) is 110 cm³/mol. The molecule has 2 amide bonds. The van der Waals surface area contributed by atoms with Gasteiger partial charge in [-0.25, -0.2) is 0 Å². The lowest BCUT2D eigenvalue weighted by Crippen LogP contribution is -2.45. The molecule has 0 saturated carbocycles. The Morgan fingerprint density at radius 3 is 2.50 bits per heavy atom. The summed E-state index contributed by atoms with van der Waals surface area (Å²) in [5.41, 5.74) is 0.566. The zero-order valence-corrected chi connectivity index (χ0v) is 17.4. The Morgan fingerprint density at radius 1 is 1.20 bits per heavy atom. The maximum atomic E-state index is 13.2. The second-order valence-corrected chi connectivity index (χ2v) is 7.54. The van der Waals surface area contributed by atoms with Crippen molar-refractivity contribution < 1.29 is 29.0 Å². The van der Waals surface area contributed by atoms with E-state index in [1.807, 2.05) is 19.1 Å². The summed E-state index contributed by atoms with van der Waals surface area (Å²) >= 11 is 0. The van der Waals surface area contributed by atoms with Gasteiger partial charge in [0.05, 0.1) is 32.2 Å². The number of rotatable bonds is 7. The van der Waals surface area contributed by atoms with Crippen molar-refractivity contribution in [3.8, 4) is 5.75 Å². The highest BCUT2D eigenvalue weighted by Crippen LogP contribution is 2.44. The summed E-state index contributed by atoms with van der Waals surface area (Å²) in [6.45, 7) is 3.55. The van der Waals surface area contributed by atoms with Gasteiger partial charge in [-0.05, 0) is 37.1 Å². The molecule has 0 radical (unpaired) electrons. The molecule has 0 spiro atoms. The quantitative estimate of drug-likeness (QED) is 0.515. The number of hydrogen-bond donors (Lipinski definition) is 2. The Labute approximate surface area is 175 Å². The highest BCUT2D eigenvalue weighted by Gasteiger charge is 2.56. The molecule has 1 aromatic carbocycles. The Balaban J connectivity index is 1.90. The SMILES string of the molecule is CCOC(=O)[C@H]1[C@H]2C(=O)N(CCO)[C@H](C(=O)Nc3ccc(OC)cc3)[C@H]2C=C[C@H]1C. The monoisotopic (exact) mass is 416 g/mol. The van der Waals surface area contributed by atoms with Crippen molar-refractivity contribution in [2.75, 3.05) is 32.2 Å². The van der Waals surface area contributed by atoms with E-state index < -0.39 is 29.8 Å². The van der Waals surface area contributed by atoms with Crippen molar-refractivity contribution in [1.29, 1.82) is 0 Å². The third kappa shape index (κ3) is 4.05. The summed E-state index contributed by atoms with van der Waals surface area (Å²) < 4.78 is 10.3. The van der Waals surface area contributed by atoms with E-state index in [1.54, 1.807) is 38.3 Å². The van der Waals surface area contributed by atoms with E-state index in [-0.39, 0.29) is 37.5 Å². The Bertz CT molecular complexity index is 821. The Hall–Kier alpha value is -2.87. The molecule has 2 aliphatic rings. The van der Waals surface area contributed by atoms with Crippen molar-refractivity contribution >= 4 is 23.5 Å². The molecule has 1 saturated heterocycles. The molecule has 30 heavy (non-hydrogen) atoms. The number of anilines is 1. The number of allylic oxidation sites excluding steroid dienone is 1. The lowest BCUT2D eigenvalue weighted by Gasteiger charge is -2.32. The number of fused-ring (bicyclic) bond motifs is 1. The van der Waals surface area contributed by atoms with Crippen LogP contribution in [0, 0.1) is 23.7 Å². The van der Waals surface area contributed by atoms with Crippen LogP contribution in [0.2, 0.25) is 0 Å². The Kier molecular flexibility index (Phi) is 6.77. The number of likely N-dealkylation sites (tertiary alicyclic amines) is 1. The first-order valence-corrected chi connectivity index (χ1v) is 10.1. The molecule has 1 heterocycles. The van der Waals surface area contributed by atoms with E-state index in [9.17, 15) is 19.5 Å². The number of hydrogen-bond acceptors (Lipinski definition) is 6. The van der Waals surface area contributed by atoms with Crippen molar-refractivity contribution in [1.82, 2.24) is 4.90 Å². The zero-order valence-electron chi connectivity index (χ0n) is 17.4. The number of methoxy groups -OCH3 is 1. The van der Waals surface area contributed by atoms with E-state index in [0.29, 0.717) is 11.4 Å². The summed E-state index contributed by atoms with van der Waals surface area (Å²) in [5.74, 6) is -2.46. The van der Waals surface area contributed by atoms with Gasteiger partial charge in [0.15, 0.2) is 0 Å². The molecule has 3 rings (SSSR count). The van der Waals surface area contributed by atoms with Crippen LogP contribution >= 0.6 is 0 Å². The van der Waals surface area contributed by atoms with Gasteiger partial charge in [0.1, 0.15) is 11.8 Å². The molecule has 0 aromatic heterocycles. The summed E-state index contributed by atoms with van der Waals surface area (Å²) in [7, 11) is 1.56. The molecular weight excluding hydrogens is 388 g/mol. The lowest BCUT2D eigenvalue weighted by molar-refractivity contribution is -0.155. The molecule has 8 heteroatoms. The van der Waals surface area contributed by atoms with Crippen LogP contribution in [-0.4, -0.2) is 60.7 Å². The van der Waals surface area contributed by atoms with Crippen LogP contribution in [0.1, 0.15) is 13.8 Å². The van der Waals surface area contributed by atoms with Crippen LogP contribution in [0.5, 0.6) is 5.75 Å². The molecule has 1 aromatic rings. The number of β-amino-alcohol motifs (C(OH)–C–C–N with tert-alkyl or cyclic N) is 1. The summed E-state index contributed by atoms with van der Waals surface area (Å²) in [6.07, 6.45) is 3.71. The highest BCUT2D eigenvalue weighted by molar-refractivity contribution is 6.01. The van der Waals surface area contributed by atoms with Crippen molar-refractivity contribution in [2.24, 2.45) is 23.7 Å². The second kappa shape index (κ2) is 9.30. The third-order valence-electron chi connectivity index (χ3n) is 5.80. The van der Waals surface area contributed by atoms with Crippen LogP contribution in [0.15, 0.2) is 36.4 Å². The number of benzene rings is 1. The average molecular weight is 416 g/mol. The normalized spacial score (nSPS) is 27.5. The minimum atomic E-state index is -0.822. The van der Waals surface area contributed by atoms with E-state index in [4.69, 9.17) is 9.47 Å². The number of aliphatic hydroxyl groups is 1. The van der Waals surface area contributed by atoms with E-state index in [0.717, 1.165) is 0 Å². The molecule has 1 aliphatic carbocycles. The number of carbonyl (C=O) groups excluding carboxylic acids is 3. The van der Waals surface area contributed by atoms with E-state index >= 15 is 0 Å². The van der Waals surface area contributed by atoms with Gasteiger partial charge < -0.3 is 24.8 Å². The fourth-order valence-corrected chi connectivity index (χ4v) is 4.43. The number of aliphatic hydroxyl groups excluding tert-OH is 1. The standard InChI is InChI=1S/C22H28N2O6/c1-4-30-22(28)17-13(2)5-10-16-18(17)21(27)24(11-12-25)19(16)20(26)23-14-6-8-15(29-3)9-7-14/h5-10,13,16-19,25H,4,11-12H2,1-3H3,(H,23,26)/t13-,16+,17-,18+,19+/m1/s1. The summed E-state index contributed by atoms with van der Waals surface area (Å²) in [6, 6.07) is 6.05. The summed E-state index contributed by atoms with van der Waals surface area (Å²) in [4.78, 5) is 40.4. The van der Waals surface area contributed by atoms with Crippen molar-refractivity contribution in [3.05, 3.63) is 36.4 Å². The molecule has 162 valence electrons. The van der Waals surface area contributed by atoms with Gasteiger partial charge in [0.2, 0.25) is 11.8 Å². The van der Waals surface area contributed by atoms with Gasteiger partial charge in [0, 0.05) is 18.2 Å². The molecule has 5 atom stereocenters. The van der Waals surface area contributed by atoms with E-state index in [1.165, 1.54) is 4.90 Å². The minimum absolute atomic E-state index is 0.0182. The van der Waals surface area contributed by atoms with Crippen LogP contribution in [0.25, 0.3) is 0 Å². The van der Waals surface area contributed by atoms with Gasteiger partial charge in [0.25, 0.3) is 0 Å². The number of amides is 2. The maximum Gasteiger partial charge on any atom is 0.310 e. The topological polar surface area (TPSA) is 105 Å². The molecule has 1 aliphatic heterocycles. The smallest absolute Gasteiger partial charge is 0.310 e. The number of ether oxygens (including phenoxy) is 2. The van der Waals surface area contributed by atoms with Gasteiger partial charge in [-0.1, -0.05) is 19.1 Å². The van der Waals surface area contributed by atoms with Crippen LogP contribution in [0.4, 0.5) is 5.69 Å². The molecule has 8 nitrogen and oxygen atoms in total. The van der Waals surface area contributed by atoms with Crippen LogP contribution in [0.3, 0.4) is 0 Å². The molecule has 2 N–H and O–H groups in total. The number of nitrogens with one attached hydrogen (secondary N) is 1. The molecule has 0 unspecified atom stereocenters. The highest BCUT2D eigenvalue weighted by atomic mass is 16.5. The van der Waals surface area contributed by atoms with Gasteiger partial charge in [-0.2, -0.15) is 0 Å².